The summed E-state index contributed by atoms with van der Waals surface area (Å²) in [7, 11) is 0. The number of rotatable bonds is 4. The molecule has 1 saturated carbocycles. The minimum Gasteiger partial charge on any atom is -0.297 e. The quantitative estimate of drug-likeness (QED) is 0.842. The SMILES string of the molecule is FC(F)(F)C1CCCCC1NOCc1ccccc1. The van der Waals surface area contributed by atoms with E-state index in [1.165, 1.54) is 0 Å². The molecule has 5 heteroatoms. The lowest BCUT2D eigenvalue weighted by Crippen LogP contribution is -2.45. The van der Waals surface area contributed by atoms with E-state index in [0.29, 0.717) is 12.8 Å². The fraction of sp³-hybridized carbons (Fsp3) is 0.571. The fourth-order valence-electron chi connectivity index (χ4n) is 2.47. The third-order valence-corrected chi connectivity index (χ3v) is 3.50. The van der Waals surface area contributed by atoms with Crippen molar-refractivity contribution in [2.75, 3.05) is 0 Å². The van der Waals surface area contributed by atoms with E-state index in [1.807, 2.05) is 30.3 Å². The second kappa shape index (κ2) is 6.39. The molecule has 1 N–H and O–H groups in total. The number of halogens is 3. The molecule has 1 aliphatic carbocycles. The number of hydrogen-bond acceptors (Lipinski definition) is 2. The standard InChI is InChI=1S/C14H18F3NO/c15-14(16,17)12-8-4-5-9-13(12)18-19-10-11-6-2-1-3-7-11/h1-3,6-7,12-13,18H,4-5,8-10H2. The first kappa shape index (κ1) is 14.3. The van der Waals surface area contributed by atoms with Crippen LogP contribution in [0, 0.1) is 5.92 Å². The molecular weight excluding hydrogens is 255 g/mol. The lowest BCUT2D eigenvalue weighted by Gasteiger charge is -2.33. The lowest BCUT2D eigenvalue weighted by molar-refractivity contribution is -0.200. The number of hydrogen-bond donors (Lipinski definition) is 1. The Morgan fingerprint density at radius 1 is 1.11 bits per heavy atom. The Hall–Kier alpha value is -1.07. The van der Waals surface area contributed by atoms with E-state index in [1.54, 1.807) is 0 Å². The lowest BCUT2D eigenvalue weighted by atomic mass is 9.84. The number of alkyl halides is 3. The van der Waals surface area contributed by atoms with E-state index in [4.69, 9.17) is 4.84 Å². The van der Waals surface area contributed by atoms with Crippen LogP contribution >= 0.6 is 0 Å². The summed E-state index contributed by atoms with van der Waals surface area (Å²) < 4.78 is 38.5. The maximum absolute atomic E-state index is 12.8. The Kier molecular flexibility index (Phi) is 4.82. The van der Waals surface area contributed by atoms with Gasteiger partial charge in [-0.05, 0) is 18.4 Å². The molecule has 0 aromatic heterocycles. The van der Waals surface area contributed by atoms with Gasteiger partial charge in [-0.15, -0.1) is 0 Å². The summed E-state index contributed by atoms with van der Waals surface area (Å²) in [5, 5.41) is 0. The predicted octanol–water partition coefficient (Wildman–Crippen LogP) is 3.83. The highest BCUT2D eigenvalue weighted by Gasteiger charge is 2.45. The Morgan fingerprint density at radius 3 is 2.47 bits per heavy atom. The summed E-state index contributed by atoms with van der Waals surface area (Å²) in [6, 6.07) is 8.76. The first-order valence-corrected chi connectivity index (χ1v) is 6.55. The van der Waals surface area contributed by atoms with Crippen LogP contribution in [-0.2, 0) is 11.4 Å². The van der Waals surface area contributed by atoms with Crippen LogP contribution in [0.15, 0.2) is 30.3 Å². The molecule has 0 saturated heterocycles. The van der Waals surface area contributed by atoms with Crippen LogP contribution in [0.3, 0.4) is 0 Å². The van der Waals surface area contributed by atoms with Crippen molar-refractivity contribution >= 4 is 0 Å². The topological polar surface area (TPSA) is 21.3 Å². The third-order valence-electron chi connectivity index (χ3n) is 3.50. The second-order valence-corrected chi connectivity index (χ2v) is 4.93. The fourth-order valence-corrected chi connectivity index (χ4v) is 2.47. The molecule has 106 valence electrons. The summed E-state index contributed by atoms with van der Waals surface area (Å²) in [5.41, 5.74) is 3.55. The van der Waals surface area contributed by atoms with Crippen molar-refractivity contribution in [3.8, 4) is 0 Å². The molecule has 1 aromatic rings. The highest BCUT2D eigenvalue weighted by atomic mass is 19.4. The molecule has 0 aliphatic heterocycles. The zero-order valence-corrected chi connectivity index (χ0v) is 10.6. The van der Waals surface area contributed by atoms with Gasteiger partial charge in [0.15, 0.2) is 0 Å². The summed E-state index contributed by atoms with van der Waals surface area (Å²) >= 11 is 0. The maximum atomic E-state index is 12.8. The maximum Gasteiger partial charge on any atom is 0.393 e. The van der Waals surface area contributed by atoms with Gasteiger partial charge in [-0.25, -0.2) is 0 Å². The van der Waals surface area contributed by atoms with Gasteiger partial charge in [0.2, 0.25) is 0 Å². The Balaban J connectivity index is 1.83. The summed E-state index contributed by atoms with van der Waals surface area (Å²) in [5.74, 6) is -1.29. The Bertz CT molecular complexity index is 380. The minimum absolute atomic E-state index is 0.190. The molecule has 0 spiro atoms. The van der Waals surface area contributed by atoms with E-state index >= 15 is 0 Å². The molecule has 1 aliphatic rings. The third kappa shape index (κ3) is 4.21. The van der Waals surface area contributed by atoms with Crippen molar-refractivity contribution < 1.29 is 18.0 Å². The van der Waals surface area contributed by atoms with Gasteiger partial charge < -0.3 is 0 Å². The van der Waals surface area contributed by atoms with E-state index in [-0.39, 0.29) is 13.0 Å². The summed E-state index contributed by atoms with van der Waals surface area (Å²) in [4.78, 5) is 5.23. The average Bonchev–Trinajstić information content (AvgIpc) is 2.39. The molecule has 0 heterocycles. The molecular formula is C14H18F3NO. The van der Waals surface area contributed by atoms with Gasteiger partial charge in [0.25, 0.3) is 0 Å². The first-order chi connectivity index (χ1) is 9.07. The van der Waals surface area contributed by atoms with Crippen molar-refractivity contribution in [3.05, 3.63) is 35.9 Å². The molecule has 2 unspecified atom stereocenters. The largest absolute Gasteiger partial charge is 0.393 e. The van der Waals surface area contributed by atoms with Crippen LogP contribution in [0.5, 0.6) is 0 Å². The van der Waals surface area contributed by atoms with Gasteiger partial charge in [-0.3, -0.25) is 4.84 Å². The van der Waals surface area contributed by atoms with Crippen molar-refractivity contribution in [1.82, 2.24) is 5.48 Å². The Morgan fingerprint density at radius 2 is 1.79 bits per heavy atom. The normalized spacial score (nSPS) is 24.4. The van der Waals surface area contributed by atoms with Crippen molar-refractivity contribution in [2.45, 2.75) is 44.5 Å². The smallest absolute Gasteiger partial charge is 0.297 e. The average molecular weight is 273 g/mol. The van der Waals surface area contributed by atoms with Crippen LogP contribution in [0.1, 0.15) is 31.2 Å². The molecule has 0 amide bonds. The van der Waals surface area contributed by atoms with Gasteiger partial charge in [0.1, 0.15) is 0 Å². The monoisotopic (exact) mass is 273 g/mol. The molecule has 0 radical (unpaired) electrons. The highest BCUT2D eigenvalue weighted by Crippen LogP contribution is 2.37. The summed E-state index contributed by atoms with van der Waals surface area (Å²) in [6.45, 7) is 0.280. The molecule has 0 bridgehead atoms. The van der Waals surface area contributed by atoms with Crippen molar-refractivity contribution in [3.63, 3.8) is 0 Å². The van der Waals surface area contributed by atoms with Crippen LogP contribution < -0.4 is 5.48 Å². The zero-order valence-electron chi connectivity index (χ0n) is 10.6. The molecule has 19 heavy (non-hydrogen) atoms. The molecule has 2 rings (SSSR count). The summed E-state index contributed by atoms with van der Waals surface area (Å²) in [6.07, 6.45) is -1.98. The van der Waals surface area contributed by atoms with Gasteiger partial charge in [-0.2, -0.15) is 18.7 Å². The van der Waals surface area contributed by atoms with Crippen LogP contribution in [0.4, 0.5) is 13.2 Å². The molecule has 1 aromatic carbocycles. The second-order valence-electron chi connectivity index (χ2n) is 4.93. The van der Waals surface area contributed by atoms with Gasteiger partial charge in [0, 0.05) is 6.04 Å². The van der Waals surface area contributed by atoms with E-state index in [9.17, 15) is 13.2 Å². The number of benzene rings is 1. The number of hydroxylamine groups is 1. The van der Waals surface area contributed by atoms with E-state index < -0.39 is 18.1 Å². The predicted molar refractivity (Wildman–Crippen MR) is 66.2 cm³/mol. The van der Waals surface area contributed by atoms with Gasteiger partial charge in [0.05, 0.1) is 12.5 Å². The number of nitrogens with one attached hydrogen (secondary N) is 1. The van der Waals surface area contributed by atoms with Crippen molar-refractivity contribution in [1.29, 1.82) is 0 Å². The zero-order chi connectivity index (χ0) is 13.7. The van der Waals surface area contributed by atoms with Gasteiger partial charge >= 0.3 is 6.18 Å². The Labute approximate surface area is 110 Å². The molecule has 1 fully saturated rings. The van der Waals surface area contributed by atoms with Crippen LogP contribution in [0.2, 0.25) is 0 Å². The highest BCUT2D eigenvalue weighted by molar-refractivity contribution is 5.13. The van der Waals surface area contributed by atoms with Crippen LogP contribution in [0.25, 0.3) is 0 Å². The molecule has 2 atom stereocenters. The minimum atomic E-state index is -4.14. The van der Waals surface area contributed by atoms with Crippen molar-refractivity contribution in [2.24, 2.45) is 5.92 Å². The first-order valence-electron chi connectivity index (χ1n) is 6.55. The van der Waals surface area contributed by atoms with Gasteiger partial charge in [-0.1, -0.05) is 43.2 Å². The molecule has 2 nitrogen and oxygen atoms in total. The van der Waals surface area contributed by atoms with Crippen LogP contribution in [-0.4, -0.2) is 12.2 Å². The van der Waals surface area contributed by atoms with E-state index in [0.717, 1.165) is 12.0 Å². The van der Waals surface area contributed by atoms with E-state index in [2.05, 4.69) is 5.48 Å².